The van der Waals surface area contributed by atoms with E-state index in [1.54, 1.807) is 42.7 Å². The second kappa shape index (κ2) is 7.67. The molecular formula is C19H19N5OS2. The van der Waals surface area contributed by atoms with Gasteiger partial charge in [0.15, 0.2) is 0 Å². The molecule has 27 heavy (non-hydrogen) atoms. The van der Waals surface area contributed by atoms with Crippen LogP contribution in [0, 0.1) is 0 Å². The number of thiophene rings is 1. The zero-order chi connectivity index (χ0) is 18.8. The molecule has 0 aromatic carbocycles. The van der Waals surface area contributed by atoms with Crippen molar-refractivity contribution in [3.05, 3.63) is 43.1 Å². The van der Waals surface area contributed by atoms with Crippen molar-refractivity contribution in [3.8, 4) is 22.5 Å². The largest absolute Gasteiger partial charge is 0.397 e. The Balaban J connectivity index is 1.92. The highest BCUT2D eigenvalue weighted by atomic mass is 32.2. The quantitative estimate of drug-likeness (QED) is 0.390. The minimum atomic E-state index is 0.682. The number of nitrogen functional groups attached to an aromatic ring is 1. The fraction of sp³-hybridized carbons (Fsp3) is 0.211. The third-order valence-electron chi connectivity index (χ3n) is 4.24. The summed E-state index contributed by atoms with van der Waals surface area (Å²) in [5.74, 6) is 0.851. The maximum absolute atomic E-state index is 6.53. The number of thioether (sulfide) groups is 1. The molecule has 4 rings (SSSR count). The SMILES string of the molecule is COCCSc1sc2nc(-c3cccnc3)cc(-c3cncn3C)c2c1N. The average molecular weight is 398 g/mol. The molecule has 0 saturated heterocycles. The lowest BCUT2D eigenvalue weighted by Gasteiger charge is -2.09. The van der Waals surface area contributed by atoms with Gasteiger partial charge in [-0.15, -0.1) is 23.1 Å². The molecule has 6 nitrogen and oxygen atoms in total. The summed E-state index contributed by atoms with van der Waals surface area (Å²) in [6.07, 6.45) is 7.24. The normalized spacial score (nSPS) is 11.3. The number of methoxy groups -OCH3 is 1. The van der Waals surface area contributed by atoms with Gasteiger partial charge >= 0.3 is 0 Å². The van der Waals surface area contributed by atoms with Crippen LogP contribution in [0.1, 0.15) is 0 Å². The minimum absolute atomic E-state index is 0.682. The summed E-state index contributed by atoms with van der Waals surface area (Å²) in [5.41, 5.74) is 11.2. The molecular weight excluding hydrogens is 378 g/mol. The fourth-order valence-corrected chi connectivity index (χ4v) is 5.18. The van der Waals surface area contributed by atoms with Gasteiger partial charge in [-0.1, -0.05) is 0 Å². The third-order valence-corrected chi connectivity index (χ3v) is 6.59. The summed E-state index contributed by atoms with van der Waals surface area (Å²) in [6.45, 7) is 0.682. The second-order valence-electron chi connectivity index (χ2n) is 6.01. The maximum atomic E-state index is 6.53. The molecule has 0 aliphatic carbocycles. The Morgan fingerprint density at radius 3 is 2.89 bits per heavy atom. The van der Waals surface area contributed by atoms with Gasteiger partial charge in [-0.2, -0.15) is 0 Å². The molecule has 0 spiro atoms. The molecule has 138 valence electrons. The first-order valence-electron chi connectivity index (χ1n) is 8.41. The number of hydrogen-bond acceptors (Lipinski definition) is 7. The number of aryl methyl sites for hydroxylation is 1. The molecule has 2 N–H and O–H groups in total. The topological polar surface area (TPSA) is 78.9 Å². The highest BCUT2D eigenvalue weighted by Crippen LogP contribution is 2.44. The van der Waals surface area contributed by atoms with Crippen molar-refractivity contribution in [2.45, 2.75) is 4.21 Å². The van der Waals surface area contributed by atoms with Crippen LogP contribution in [-0.4, -0.2) is 39.0 Å². The summed E-state index contributed by atoms with van der Waals surface area (Å²) in [6, 6.07) is 6.00. The number of pyridine rings is 2. The number of imidazole rings is 1. The zero-order valence-electron chi connectivity index (χ0n) is 15.0. The van der Waals surface area contributed by atoms with Gasteiger partial charge in [-0.05, 0) is 18.2 Å². The summed E-state index contributed by atoms with van der Waals surface area (Å²) in [7, 11) is 3.69. The number of ether oxygens (including phenoxy) is 1. The standard InChI is InChI=1S/C19H19N5OS2/c1-24-11-22-10-15(24)13-8-14(12-4-3-5-21-9-12)23-18-16(13)17(20)19(27-18)26-7-6-25-2/h3-5,8-11H,6-7,20H2,1-2H3. The van der Waals surface area contributed by atoms with Crippen LogP contribution >= 0.6 is 23.1 Å². The van der Waals surface area contributed by atoms with Crippen LogP contribution in [0.2, 0.25) is 0 Å². The predicted molar refractivity (Wildman–Crippen MR) is 112 cm³/mol. The van der Waals surface area contributed by atoms with Crippen molar-refractivity contribution in [3.63, 3.8) is 0 Å². The number of hydrogen-bond donors (Lipinski definition) is 1. The van der Waals surface area contributed by atoms with Crippen LogP contribution in [0.3, 0.4) is 0 Å². The minimum Gasteiger partial charge on any atom is -0.397 e. The van der Waals surface area contributed by atoms with Crippen LogP contribution in [0.5, 0.6) is 0 Å². The molecule has 0 unspecified atom stereocenters. The Hall–Kier alpha value is -2.42. The van der Waals surface area contributed by atoms with Crippen molar-refractivity contribution in [1.29, 1.82) is 0 Å². The summed E-state index contributed by atoms with van der Waals surface area (Å²) < 4.78 is 8.23. The van der Waals surface area contributed by atoms with E-state index in [0.717, 1.165) is 48.4 Å². The third kappa shape index (κ3) is 3.43. The first-order valence-corrected chi connectivity index (χ1v) is 10.2. The molecule has 0 saturated carbocycles. The Kier molecular flexibility index (Phi) is 5.11. The molecule has 0 bridgehead atoms. The van der Waals surface area contributed by atoms with Gasteiger partial charge < -0.3 is 15.0 Å². The molecule has 0 radical (unpaired) electrons. The Labute approximate surface area is 165 Å². The number of aromatic nitrogens is 4. The summed E-state index contributed by atoms with van der Waals surface area (Å²) in [4.78, 5) is 14.3. The molecule has 0 aliphatic heterocycles. The highest BCUT2D eigenvalue weighted by molar-refractivity contribution is 8.01. The van der Waals surface area contributed by atoms with Gasteiger partial charge in [0.1, 0.15) is 4.83 Å². The van der Waals surface area contributed by atoms with Crippen molar-refractivity contribution < 1.29 is 4.74 Å². The van der Waals surface area contributed by atoms with E-state index >= 15 is 0 Å². The maximum Gasteiger partial charge on any atom is 0.127 e. The van der Waals surface area contributed by atoms with Crippen LogP contribution in [-0.2, 0) is 11.8 Å². The fourth-order valence-electron chi connectivity index (χ4n) is 2.91. The Bertz CT molecular complexity index is 1070. The van der Waals surface area contributed by atoms with Gasteiger partial charge in [0.25, 0.3) is 0 Å². The lowest BCUT2D eigenvalue weighted by molar-refractivity contribution is 0.218. The van der Waals surface area contributed by atoms with Crippen LogP contribution in [0.4, 0.5) is 5.69 Å². The molecule has 0 amide bonds. The van der Waals surface area contributed by atoms with E-state index in [1.165, 1.54) is 0 Å². The number of nitrogens with zero attached hydrogens (tertiary/aromatic N) is 4. The first-order chi connectivity index (χ1) is 13.2. The lowest BCUT2D eigenvalue weighted by Crippen LogP contribution is -1.95. The molecule has 0 fully saturated rings. The molecule has 4 aromatic heterocycles. The number of fused-ring (bicyclic) bond motifs is 1. The predicted octanol–water partition coefficient (Wildman–Crippen LogP) is 4.08. The smallest absolute Gasteiger partial charge is 0.127 e. The second-order valence-corrected chi connectivity index (χ2v) is 8.37. The zero-order valence-corrected chi connectivity index (χ0v) is 16.7. The number of anilines is 1. The monoisotopic (exact) mass is 397 g/mol. The van der Waals surface area contributed by atoms with Crippen molar-refractivity contribution in [2.24, 2.45) is 7.05 Å². The van der Waals surface area contributed by atoms with Gasteiger partial charge in [-0.3, -0.25) is 4.98 Å². The van der Waals surface area contributed by atoms with E-state index < -0.39 is 0 Å². The van der Waals surface area contributed by atoms with E-state index in [9.17, 15) is 0 Å². The Morgan fingerprint density at radius 2 is 2.19 bits per heavy atom. The summed E-state index contributed by atoms with van der Waals surface area (Å²) in [5, 5.41) is 0.983. The van der Waals surface area contributed by atoms with Gasteiger partial charge in [0, 0.05) is 48.8 Å². The highest BCUT2D eigenvalue weighted by Gasteiger charge is 2.19. The van der Waals surface area contributed by atoms with Crippen LogP contribution < -0.4 is 5.73 Å². The van der Waals surface area contributed by atoms with E-state index in [0.29, 0.717) is 6.61 Å². The molecule has 8 heteroatoms. The molecule has 0 aliphatic rings. The molecule has 4 heterocycles. The number of nitrogens with two attached hydrogens (primary N) is 1. The Morgan fingerprint density at radius 1 is 1.30 bits per heavy atom. The lowest BCUT2D eigenvalue weighted by atomic mass is 10.1. The van der Waals surface area contributed by atoms with E-state index in [1.807, 2.05) is 36.1 Å². The molecule has 4 aromatic rings. The molecule has 0 atom stereocenters. The van der Waals surface area contributed by atoms with E-state index in [2.05, 4.69) is 16.0 Å². The van der Waals surface area contributed by atoms with Crippen LogP contribution in [0.25, 0.3) is 32.7 Å². The van der Waals surface area contributed by atoms with E-state index in [-0.39, 0.29) is 0 Å². The van der Waals surface area contributed by atoms with Gasteiger partial charge in [0.05, 0.1) is 40.4 Å². The number of rotatable bonds is 6. The van der Waals surface area contributed by atoms with Crippen molar-refractivity contribution >= 4 is 39.0 Å². The van der Waals surface area contributed by atoms with E-state index in [4.69, 9.17) is 15.5 Å². The first kappa shape index (κ1) is 18.0. The average Bonchev–Trinajstić information content (AvgIpc) is 3.25. The van der Waals surface area contributed by atoms with Crippen LogP contribution in [0.15, 0.2) is 47.3 Å². The van der Waals surface area contributed by atoms with Gasteiger partial charge in [0.2, 0.25) is 0 Å². The van der Waals surface area contributed by atoms with Crippen molar-refractivity contribution in [1.82, 2.24) is 19.5 Å². The van der Waals surface area contributed by atoms with Gasteiger partial charge in [-0.25, -0.2) is 9.97 Å². The van der Waals surface area contributed by atoms with Crippen molar-refractivity contribution in [2.75, 3.05) is 25.2 Å². The summed E-state index contributed by atoms with van der Waals surface area (Å²) >= 11 is 3.32.